The summed E-state index contributed by atoms with van der Waals surface area (Å²) in [6.07, 6.45) is 4.92. The van der Waals surface area contributed by atoms with E-state index in [-0.39, 0.29) is 6.04 Å². The lowest BCUT2D eigenvalue weighted by atomic mass is 10.2. The molecule has 2 saturated carbocycles. The Morgan fingerprint density at radius 1 is 1.44 bits per heavy atom. The fourth-order valence-corrected chi connectivity index (χ4v) is 1.99. The standard InChI is InChI=1S/C12H22N2O2/c1-2-14(7-9-3-4-9)8-11(12(15)16)13-10-5-6-10/h9-11,13H,2-8H2,1H3,(H,15,16). The van der Waals surface area contributed by atoms with Gasteiger partial charge in [0.2, 0.25) is 0 Å². The minimum absolute atomic E-state index is 0.383. The molecule has 4 nitrogen and oxygen atoms in total. The second-order valence-corrected chi connectivity index (χ2v) is 5.13. The molecule has 0 aromatic heterocycles. The quantitative estimate of drug-likeness (QED) is 0.646. The number of likely N-dealkylation sites (N-methyl/N-ethyl adjacent to an activating group) is 1. The number of carbonyl (C=O) groups is 1. The summed E-state index contributed by atoms with van der Waals surface area (Å²) in [6, 6.07) is 0.0759. The van der Waals surface area contributed by atoms with Gasteiger partial charge < -0.3 is 15.3 Å². The van der Waals surface area contributed by atoms with Crippen molar-refractivity contribution in [1.82, 2.24) is 10.2 Å². The molecular weight excluding hydrogens is 204 g/mol. The largest absolute Gasteiger partial charge is 0.480 e. The molecule has 0 aromatic rings. The van der Waals surface area contributed by atoms with Crippen molar-refractivity contribution in [2.24, 2.45) is 5.92 Å². The molecule has 0 saturated heterocycles. The number of hydrogen-bond donors (Lipinski definition) is 2. The maximum atomic E-state index is 11.1. The van der Waals surface area contributed by atoms with Crippen molar-refractivity contribution in [1.29, 1.82) is 0 Å². The number of aliphatic carboxylic acids is 1. The lowest BCUT2D eigenvalue weighted by Gasteiger charge is -2.24. The Balaban J connectivity index is 1.78. The van der Waals surface area contributed by atoms with Gasteiger partial charge in [0.1, 0.15) is 6.04 Å². The highest BCUT2D eigenvalue weighted by molar-refractivity contribution is 5.73. The predicted molar refractivity (Wildman–Crippen MR) is 62.4 cm³/mol. The van der Waals surface area contributed by atoms with Crippen LogP contribution in [0.3, 0.4) is 0 Å². The summed E-state index contributed by atoms with van der Waals surface area (Å²) < 4.78 is 0. The molecule has 2 rings (SSSR count). The Morgan fingerprint density at radius 3 is 2.56 bits per heavy atom. The van der Waals surface area contributed by atoms with Crippen LogP contribution in [-0.4, -0.2) is 47.7 Å². The van der Waals surface area contributed by atoms with Crippen molar-refractivity contribution in [2.75, 3.05) is 19.6 Å². The number of hydrogen-bond acceptors (Lipinski definition) is 3. The third-order valence-corrected chi connectivity index (χ3v) is 3.41. The van der Waals surface area contributed by atoms with Gasteiger partial charge in [0.05, 0.1) is 0 Å². The average molecular weight is 226 g/mol. The van der Waals surface area contributed by atoms with Crippen LogP contribution >= 0.6 is 0 Å². The van der Waals surface area contributed by atoms with E-state index in [1.807, 2.05) is 0 Å². The lowest BCUT2D eigenvalue weighted by molar-refractivity contribution is -0.140. The summed E-state index contributed by atoms with van der Waals surface area (Å²) >= 11 is 0. The molecule has 0 bridgehead atoms. The van der Waals surface area contributed by atoms with Crippen LogP contribution in [0.1, 0.15) is 32.6 Å². The minimum atomic E-state index is -0.707. The van der Waals surface area contributed by atoms with E-state index in [0.717, 1.165) is 31.8 Å². The van der Waals surface area contributed by atoms with Crippen molar-refractivity contribution in [3.63, 3.8) is 0 Å². The topological polar surface area (TPSA) is 52.6 Å². The Kier molecular flexibility index (Phi) is 3.82. The van der Waals surface area contributed by atoms with E-state index in [1.54, 1.807) is 0 Å². The van der Waals surface area contributed by atoms with Gasteiger partial charge >= 0.3 is 5.97 Å². The normalized spacial score (nSPS) is 22.4. The average Bonchev–Trinajstić information content (AvgIpc) is 3.10. The fourth-order valence-electron chi connectivity index (χ4n) is 1.99. The van der Waals surface area contributed by atoms with Crippen LogP contribution in [0, 0.1) is 5.92 Å². The van der Waals surface area contributed by atoms with E-state index in [2.05, 4.69) is 17.1 Å². The molecule has 1 atom stereocenters. The van der Waals surface area contributed by atoms with Gasteiger partial charge in [-0.3, -0.25) is 4.79 Å². The summed E-state index contributed by atoms with van der Waals surface area (Å²) in [4.78, 5) is 13.4. The summed E-state index contributed by atoms with van der Waals surface area (Å²) in [5, 5.41) is 12.4. The highest BCUT2D eigenvalue weighted by Crippen LogP contribution is 2.29. The highest BCUT2D eigenvalue weighted by atomic mass is 16.4. The molecule has 0 spiro atoms. The number of nitrogens with one attached hydrogen (secondary N) is 1. The van der Waals surface area contributed by atoms with Crippen LogP contribution < -0.4 is 5.32 Å². The van der Waals surface area contributed by atoms with Crippen molar-refractivity contribution >= 4 is 5.97 Å². The Bertz CT molecular complexity index is 249. The number of rotatable bonds is 8. The number of carboxylic acid groups (broad SMARTS) is 1. The van der Waals surface area contributed by atoms with E-state index >= 15 is 0 Å². The van der Waals surface area contributed by atoms with E-state index in [4.69, 9.17) is 5.11 Å². The smallest absolute Gasteiger partial charge is 0.322 e. The van der Waals surface area contributed by atoms with Crippen molar-refractivity contribution in [2.45, 2.75) is 44.7 Å². The minimum Gasteiger partial charge on any atom is -0.480 e. The molecule has 92 valence electrons. The molecule has 4 heteroatoms. The van der Waals surface area contributed by atoms with Crippen LogP contribution in [-0.2, 0) is 4.79 Å². The first-order valence-electron chi connectivity index (χ1n) is 6.40. The molecule has 1 unspecified atom stereocenters. The van der Waals surface area contributed by atoms with Gasteiger partial charge in [-0.05, 0) is 38.1 Å². The Labute approximate surface area is 97.0 Å². The summed E-state index contributed by atoms with van der Waals surface area (Å²) in [5.74, 6) is 0.122. The maximum Gasteiger partial charge on any atom is 0.322 e. The molecule has 0 aromatic carbocycles. The molecule has 2 aliphatic carbocycles. The Morgan fingerprint density at radius 2 is 2.12 bits per heavy atom. The van der Waals surface area contributed by atoms with E-state index in [1.165, 1.54) is 12.8 Å². The highest BCUT2D eigenvalue weighted by Gasteiger charge is 2.31. The zero-order valence-corrected chi connectivity index (χ0v) is 9.98. The SMILES string of the molecule is CCN(CC1CC1)CC(NC1CC1)C(=O)O. The van der Waals surface area contributed by atoms with Gasteiger partial charge in [-0.15, -0.1) is 0 Å². The van der Waals surface area contributed by atoms with Gasteiger partial charge in [-0.2, -0.15) is 0 Å². The molecule has 0 heterocycles. The van der Waals surface area contributed by atoms with Crippen molar-refractivity contribution in [3.8, 4) is 0 Å². The van der Waals surface area contributed by atoms with Gasteiger partial charge in [0.25, 0.3) is 0 Å². The molecule has 2 aliphatic rings. The van der Waals surface area contributed by atoms with Gasteiger partial charge in [0, 0.05) is 19.1 Å². The van der Waals surface area contributed by atoms with Crippen LogP contribution in [0.2, 0.25) is 0 Å². The number of nitrogens with zero attached hydrogens (tertiary/aromatic N) is 1. The first-order chi connectivity index (χ1) is 7.69. The predicted octanol–water partition coefficient (Wildman–Crippen LogP) is 0.923. The molecule has 16 heavy (non-hydrogen) atoms. The third-order valence-electron chi connectivity index (χ3n) is 3.41. The zero-order chi connectivity index (χ0) is 11.5. The molecule has 2 N–H and O–H groups in total. The first-order valence-corrected chi connectivity index (χ1v) is 6.40. The molecule has 0 aliphatic heterocycles. The van der Waals surface area contributed by atoms with Gasteiger partial charge in [0.15, 0.2) is 0 Å². The van der Waals surface area contributed by atoms with Crippen LogP contribution in [0.4, 0.5) is 0 Å². The number of carboxylic acids is 1. The summed E-state index contributed by atoms with van der Waals surface area (Å²) in [7, 11) is 0. The molecule has 0 amide bonds. The zero-order valence-electron chi connectivity index (χ0n) is 9.98. The summed E-state index contributed by atoms with van der Waals surface area (Å²) in [6.45, 7) is 4.79. The van der Waals surface area contributed by atoms with Gasteiger partial charge in [-0.25, -0.2) is 0 Å². The first kappa shape index (κ1) is 11.9. The van der Waals surface area contributed by atoms with Crippen molar-refractivity contribution < 1.29 is 9.90 Å². The van der Waals surface area contributed by atoms with E-state index in [0.29, 0.717) is 12.6 Å². The lowest BCUT2D eigenvalue weighted by Crippen LogP contribution is -2.47. The Hall–Kier alpha value is -0.610. The molecule has 2 fully saturated rings. The molecule has 0 radical (unpaired) electrons. The second-order valence-electron chi connectivity index (χ2n) is 5.13. The van der Waals surface area contributed by atoms with Crippen molar-refractivity contribution in [3.05, 3.63) is 0 Å². The maximum absolute atomic E-state index is 11.1. The van der Waals surface area contributed by atoms with E-state index < -0.39 is 5.97 Å². The third kappa shape index (κ3) is 3.76. The second kappa shape index (κ2) is 5.15. The fraction of sp³-hybridized carbons (Fsp3) is 0.917. The molecular formula is C12H22N2O2. The monoisotopic (exact) mass is 226 g/mol. The van der Waals surface area contributed by atoms with Crippen LogP contribution in [0.5, 0.6) is 0 Å². The van der Waals surface area contributed by atoms with Gasteiger partial charge in [-0.1, -0.05) is 6.92 Å². The van der Waals surface area contributed by atoms with Crippen LogP contribution in [0.15, 0.2) is 0 Å². The summed E-state index contributed by atoms with van der Waals surface area (Å²) in [5.41, 5.74) is 0. The van der Waals surface area contributed by atoms with E-state index in [9.17, 15) is 4.79 Å². The van der Waals surface area contributed by atoms with Crippen LogP contribution in [0.25, 0.3) is 0 Å².